The van der Waals surface area contributed by atoms with Crippen LogP contribution in [0.15, 0.2) is 24.4 Å². The molecule has 0 N–H and O–H groups in total. The first-order valence-electron chi connectivity index (χ1n) is 4.89. The first-order chi connectivity index (χ1) is 8.79. The summed E-state index contributed by atoms with van der Waals surface area (Å²) in [6, 6.07) is 4.56. The SMILES string of the molecule is Fc1cc(Cl)[c]cc1-c1ncc(C(F)(F)F)cc1F. The first-order valence-corrected chi connectivity index (χ1v) is 5.26. The molecule has 0 unspecified atom stereocenters. The van der Waals surface area contributed by atoms with Crippen molar-refractivity contribution in [3.05, 3.63) is 52.7 Å². The van der Waals surface area contributed by atoms with Crippen molar-refractivity contribution in [1.82, 2.24) is 4.98 Å². The predicted octanol–water partition coefficient (Wildman–Crippen LogP) is 4.50. The average molecular weight is 293 g/mol. The Labute approximate surface area is 109 Å². The average Bonchev–Trinajstić information content (AvgIpc) is 2.28. The molecule has 1 aromatic heterocycles. The highest BCUT2D eigenvalue weighted by atomic mass is 35.5. The van der Waals surface area contributed by atoms with Crippen molar-refractivity contribution in [3.8, 4) is 11.3 Å². The standard InChI is InChI=1S/C12H4ClF5N/c13-7-1-2-8(9(14)4-7)11-10(15)3-6(5-19-11)12(16,17)18/h2-5H. The van der Waals surface area contributed by atoms with Crippen molar-refractivity contribution in [2.45, 2.75) is 6.18 Å². The van der Waals surface area contributed by atoms with E-state index in [0.29, 0.717) is 6.20 Å². The van der Waals surface area contributed by atoms with Crippen LogP contribution < -0.4 is 0 Å². The fourth-order valence-electron chi connectivity index (χ4n) is 1.41. The predicted molar refractivity (Wildman–Crippen MR) is 58.4 cm³/mol. The Morgan fingerprint density at radius 1 is 1.11 bits per heavy atom. The van der Waals surface area contributed by atoms with E-state index in [9.17, 15) is 22.0 Å². The number of rotatable bonds is 1. The first kappa shape index (κ1) is 13.7. The van der Waals surface area contributed by atoms with Crippen LogP contribution in [0.2, 0.25) is 5.02 Å². The van der Waals surface area contributed by atoms with E-state index in [4.69, 9.17) is 11.6 Å². The zero-order valence-electron chi connectivity index (χ0n) is 9.02. The van der Waals surface area contributed by atoms with Crippen molar-refractivity contribution in [2.75, 3.05) is 0 Å². The summed E-state index contributed by atoms with van der Waals surface area (Å²) in [6.45, 7) is 0. The largest absolute Gasteiger partial charge is 0.417 e. The Morgan fingerprint density at radius 2 is 1.79 bits per heavy atom. The van der Waals surface area contributed by atoms with Gasteiger partial charge in [-0.1, -0.05) is 11.6 Å². The number of pyridine rings is 1. The van der Waals surface area contributed by atoms with Crippen molar-refractivity contribution in [2.24, 2.45) is 0 Å². The van der Waals surface area contributed by atoms with Crippen LogP contribution in [0.5, 0.6) is 0 Å². The molecule has 2 aromatic rings. The second kappa shape index (κ2) is 4.77. The lowest BCUT2D eigenvalue weighted by atomic mass is 10.1. The molecule has 1 nitrogen and oxygen atoms in total. The number of hydrogen-bond donors (Lipinski definition) is 0. The lowest BCUT2D eigenvalue weighted by Crippen LogP contribution is -2.07. The molecule has 0 bridgehead atoms. The molecule has 0 aliphatic rings. The van der Waals surface area contributed by atoms with Crippen LogP contribution >= 0.6 is 11.6 Å². The Morgan fingerprint density at radius 3 is 2.32 bits per heavy atom. The van der Waals surface area contributed by atoms with E-state index in [0.717, 1.165) is 12.1 Å². The van der Waals surface area contributed by atoms with Crippen molar-refractivity contribution < 1.29 is 22.0 Å². The molecule has 1 radical (unpaired) electrons. The van der Waals surface area contributed by atoms with Gasteiger partial charge in [-0.15, -0.1) is 0 Å². The summed E-state index contributed by atoms with van der Waals surface area (Å²) in [7, 11) is 0. The van der Waals surface area contributed by atoms with Crippen LogP contribution in [-0.4, -0.2) is 4.98 Å². The second-order valence-electron chi connectivity index (χ2n) is 3.59. The minimum absolute atomic E-state index is 0.0337. The third kappa shape index (κ3) is 2.84. The number of aromatic nitrogens is 1. The van der Waals surface area contributed by atoms with Gasteiger partial charge >= 0.3 is 6.18 Å². The molecule has 0 aliphatic carbocycles. The van der Waals surface area contributed by atoms with E-state index in [1.54, 1.807) is 0 Å². The van der Waals surface area contributed by atoms with Gasteiger partial charge in [0.25, 0.3) is 0 Å². The Bertz CT molecular complexity index is 624. The molecule has 1 heterocycles. The van der Waals surface area contributed by atoms with Gasteiger partial charge in [-0.3, -0.25) is 4.98 Å². The molecular weight excluding hydrogens is 289 g/mol. The molecule has 0 saturated carbocycles. The third-order valence-corrected chi connectivity index (χ3v) is 2.51. The Hall–Kier alpha value is -1.69. The fraction of sp³-hybridized carbons (Fsp3) is 0.0833. The van der Waals surface area contributed by atoms with E-state index >= 15 is 0 Å². The topological polar surface area (TPSA) is 12.9 Å². The maximum Gasteiger partial charge on any atom is 0.417 e. The van der Waals surface area contributed by atoms with E-state index < -0.39 is 29.1 Å². The van der Waals surface area contributed by atoms with Crippen LogP contribution in [0.1, 0.15) is 5.56 Å². The summed E-state index contributed by atoms with van der Waals surface area (Å²) in [4.78, 5) is 3.31. The molecule has 0 amide bonds. The molecule has 99 valence electrons. The highest BCUT2D eigenvalue weighted by Gasteiger charge is 2.32. The normalized spacial score (nSPS) is 11.7. The van der Waals surface area contributed by atoms with Gasteiger partial charge in [0.15, 0.2) is 0 Å². The molecule has 2 rings (SSSR count). The maximum absolute atomic E-state index is 13.6. The molecule has 7 heteroatoms. The fourth-order valence-corrected chi connectivity index (χ4v) is 1.56. The quantitative estimate of drug-likeness (QED) is 0.705. The minimum Gasteiger partial charge on any atom is -0.252 e. The lowest BCUT2D eigenvalue weighted by molar-refractivity contribution is -0.138. The number of benzene rings is 1. The summed E-state index contributed by atoms with van der Waals surface area (Å²) in [6.07, 6.45) is -4.27. The molecule has 0 spiro atoms. The molecular formula is C12H4ClF5N. The van der Waals surface area contributed by atoms with E-state index in [2.05, 4.69) is 11.1 Å². The van der Waals surface area contributed by atoms with Gasteiger partial charge in [-0.25, -0.2) is 8.78 Å². The number of halogens is 6. The Balaban J connectivity index is 2.52. The molecule has 0 atom stereocenters. The molecule has 19 heavy (non-hydrogen) atoms. The summed E-state index contributed by atoms with van der Waals surface area (Å²) in [5.74, 6) is -2.17. The van der Waals surface area contributed by atoms with Gasteiger partial charge in [-0.2, -0.15) is 13.2 Å². The molecule has 0 fully saturated rings. The van der Waals surface area contributed by atoms with Crippen molar-refractivity contribution in [3.63, 3.8) is 0 Å². The smallest absolute Gasteiger partial charge is 0.252 e. The van der Waals surface area contributed by atoms with Crippen LogP contribution in [-0.2, 0) is 6.18 Å². The van der Waals surface area contributed by atoms with Crippen LogP contribution in [0.3, 0.4) is 0 Å². The van der Waals surface area contributed by atoms with E-state index in [1.165, 1.54) is 0 Å². The number of alkyl halides is 3. The van der Waals surface area contributed by atoms with E-state index in [-0.39, 0.29) is 16.7 Å². The van der Waals surface area contributed by atoms with Crippen LogP contribution in [0.25, 0.3) is 11.3 Å². The Kier molecular flexibility index (Phi) is 3.45. The summed E-state index contributed by atoms with van der Waals surface area (Å²) in [5.41, 5.74) is -2.08. The third-order valence-electron chi connectivity index (χ3n) is 2.29. The zero-order chi connectivity index (χ0) is 14.2. The van der Waals surface area contributed by atoms with Gasteiger partial charge in [0.05, 0.1) is 10.6 Å². The highest BCUT2D eigenvalue weighted by Crippen LogP contribution is 2.32. The van der Waals surface area contributed by atoms with E-state index in [1.807, 2.05) is 0 Å². The molecule has 0 aliphatic heterocycles. The van der Waals surface area contributed by atoms with Crippen LogP contribution in [0.4, 0.5) is 22.0 Å². The zero-order valence-corrected chi connectivity index (χ0v) is 9.78. The van der Waals surface area contributed by atoms with Gasteiger partial charge in [0.1, 0.15) is 17.3 Å². The monoisotopic (exact) mass is 292 g/mol. The van der Waals surface area contributed by atoms with Gasteiger partial charge in [-0.05, 0) is 18.2 Å². The number of hydrogen-bond acceptors (Lipinski definition) is 1. The molecule has 0 saturated heterocycles. The van der Waals surface area contributed by atoms with Gasteiger partial charge in [0, 0.05) is 17.8 Å². The minimum atomic E-state index is -4.71. The van der Waals surface area contributed by atoms with Gasteiger partial charge < -0.3 is 0 Å². The second-order valence-corrected chi connectivity index (χ2v) is 4.00. The summed E-state index contributed by atoms with van der Waals surface area (Å²) >= 11 is 5.47. The van der Waals surface area contributed by atoms with Gasteiger partial charge in [0.2, 0.25) is 0 Å². The highest BCUT2D eigenvalue weighted by molar-refractivity contribution is 6.30. The maximum atomic E-state index is 13.6. The summed E-state index contributed by atoms with van der Waals surface area (Å²) < 4.78 is 64.1. The van der Waals surface area contributed by atoms with Crippen molar-refractivity contribution >= 4 is 11.6 Å². The van der Waals surface area contributed by atoms with Crippen molar-refractivity contribution in [1.29, 1.82) is 0 Å². The number of nitrogens with zero attached hydrogens (tertiary/aromatic N) is 1. The van der Waals surface area contributed by atoms with Crippen LogP contribution in [0, 0.1) is 17.7 Å². The lowest BCUT2D eigenvalue weighted by Gasteiger charge is -2.09. The molecule has 1 aromatic carbocycles. The summed E-state index contributed by atoms with van der Waals surface area (Å²) in [5, 5.41) is -0.0337.